The van der Waals surface area contributed by atoms with Gasteiger partial charge in [-0.15, -0.1) is 11.3 Å². The van der Waals surface area contributed by atoms with Crippen molar-refractivity contribution in [3.05, 3.63) is 35.3 Å². The van der Waals surface area contributed by atoms with Crippen LogP contribution < -0.4 is 20.1 Å². The maximum atomic E-state index is 12.5. The molecule has 0 saturated carbocycles. The third kappa shape index (κ3) is 5.60. The Kier molecular flexibility index (Phi) is 7.29. The van der Waals surface area contributed by atoms with Crippen molar-refractivity contribution in [3.63, 3.8) is 0 Å². The zero-order chi connectivity index (χ0) is 20.6. The molecule has 1 atom stereocenters. The van der Waals surface area contributed by atoms with E-state index in [1.807, 2.05) is 23.6 Å². The normalized spacial score (nSPS) is 16.2. The molecule has 3 rings (SSSR count). The highest BCUT2D eigenvalue weighted by molar-refractivity contribution is 7.13. The van der Waals surface area contributed by atoms with E-state index in [-0.39, 0.29) is 17.9 Å². The van der Waals surface area contributed by atoms with Gasteiger partial charge in [-0.2, -0.15) is 0 Å². The van der Waals surface area contributed by atoms with Gasteiger partial charge in [0.2, 0.25) is 5.91 Å². The van der Waals surface area contributed by atoms with E-state index in [9.17, 15) is 9.59 Å². The summed E-state index contributed by atoms with van der Waals surface area (Å²) in [5.41, 5.74) is 1.04. The first-order chi connectivity index (χ1) is 14.1. The third-order valence-electron chi connectivity index (χ3n) is 4.88. The monoisotopic (exact) mass is 418 g/mol. The highest BCUT2D eigenvalue weighted by Crippen LogP contribution is 2.27. The van der Waals surface area contributed by atoms with Gasteiger partial charge in [0.05, 0.1) is 20.1 Å². The van der Waals surface area contributed by atoms with Gasteiger partial charge >= 0.3 is 6.03 Å². The van der Waals surface area contributed by atoms with Crippen LogP contribution in [0, 0.1) is 5.92 Å². The molecule has 3 amide bonds. The van der Waals surface area contributed by atoms with Crippen molar-refractivity contribution >= 4 is 28.4 Å². The maximum absolute atomic E-state index is 12.5. The molecule has 1 aliphatic rings. The Morgan fingerprint density at radius 2 is 2.10 bits per heavy atom. The van der Waals surface area contributed by atoms with Gasteiger partial charge < -0.3 is 25.0 Å². The minimum Gasteiger partial charge on any atom is -0.493 e. The number of rotatable bonds is 7. The molecule has 29 heavy (non-hydrogen) atoms. The van der Waals surface area contributed by atoms with E-state index in [1.165, 1.54) is 11.3 Å². The van der Waals surface area contributed by atoms with Gasteiger partial charge in [-0.05, 0) is 37.0 Å². The van der Waals surface area contributed by atoms with E-state index in [4.69, 9.17) is 9.47 Å². The number of anilines is 1. The number of carbonyl (C=O) groups is 2. The summed E-state index contributed by atoms with van der Waals surface area (Å²) in [4.78, 5) is 30.7. The molecule has 9 heteroatoms. The SMILES string of the molecule is COc1ccc(CCNC(=O)N2CCC[C@@H](C(=O)Nc3nccs3)C2)cc1OC. The molecule has 2 N–H and O–H groups in total. The predicted molar refractivity (Wildman–Crippen MR) is 112 cm³/mol. The van der Waals surface area contributed by atoms with Crippen molar-refractivity contribution in [3.8, 4) is 11.5 Å². The number of aromatic nitrogens is 1. The Labute approximate surface area is 174 Å². The molecule has 0 unspecified atom stereocenters. The molecule has 1 aliphatic heterocycles. The number of nitrogens with one attached hydrogen (secondary N) is 2. The molecule has 0 bridgehead atoms. The van der Waals surface area contributed by atoms with Gasteiger partial charge in [-0.3, -0.25) is 4.79 Å². The van der Waals surface area contributed by atoms with E-state index >= 15 is 0 Å². The van der Waals surface area contributed by atoms with Crippen molar-refractivity contribution in [1.82, 2.24) is 15.2 Å². The Morgan fingerprint density at radius 3 is 2.83 bits per heavy atom. The van der Waals surface area contributed by atoms with Gasteiger partial charge in [0.1, 0.15) is 0 Å². The molecule has 156 valence electrons. The minimum atomic E-state index is -0.218. The molecule has 1 aromatic carbocycles. The van der Waals surface area contributed by atoms with Crippen LogP contribution in [0.3, 0.4) is 0 Å². The Hall–Kier alpha value is -2.81. The molecular formula is C20H26N4O4S. The number of ether oxygens (including phenoxy) is 2. The van der Waals surface area contributed by atoms with Crippen LogP contribution in [-0.4, -0.2) is 55.7 Å². The van der Waals surface area contributed by atoms with Crippen molar-refractivity contribution in [1.29, 1.82) is 0 Å². The third-order valence-corrected chi connectivity index (χ3v) is 5.57. The number of carbonyl (C=O) groups excluding carboxylic acids is 2. The highest BCUT2D eigenvalue weighted by Gasteiger charge is 2.28. The molecule has 1 fully saturated rings. The second-order valence-electron chi connectivity index (χ2n) is 6.78. The number of piperidine rings is 1. The number of likely N-dealkylation sites (tertiary alicyclic amines) is 1. The lowest BCUT2D eigenvalue weighted by Crippen LogP contribution is -2.48. The van der Waals surface area contributed by atoms with E-state index in [1.54, 1.807) is 25.3 Å². The Bertz CT molecular complexity index is 828. The summed E-state index contributed by atoms with van der Waals surface area (Å²) >= 11 is 1.38. The van der Waals surface area contributed by atoms with Crippen molar-refractivity contribution in [2.24, 2.45) is 5.92 Å². The molecule has 8 nitrogen and oxygen atoms in total. The highest BCUT2D eigenvalue weighted by atomic mass is 32.1. The van der Waals surface area contributed by atoms with Crippen LogP contribution in [0.1, 0.15) is 18.4 Å². The van der Waals surface area contributed by atoms with E-state index in [0.29, 0.717) is 42.7 Å². The fraction of sp³-hybridized carbons (Fsp3) is 0.450. The number of amides is 3. The molecule has 0 aliphatic carbocycles. The largest absolute Gasteiger partial charge is 0.493 e. The van der Waals surface area contributed by atoms with Crippen LogP contribution >= 0.6 is 11.3 Å². The lowest BCUT2D eigenvalue weighted by molar-refractivity contribution is -0.121. The number of thiazole rings is 1. The van der Waals surface area contributed by atoms with Crippen LogP contribution in [0.5, 0.6) is 11.5 Å². The second kappa shape index (κ2) is 10.1. The van der Waals surface area contributed by atoms with Crippen LogP contribution in [0.2, 0.25) is 0 Å². The molecule has 2 aromatic rings. The first-order valence-corrected chi connectivity index (χ1v) is 10.4. The fourth-order valence-electron chi connectivity index (χ4n) is 3.33. The summed E-state index contributed by atoms with van der Waals surface area (Å²) in [6.07, 6.45) is 3.90. The molecule has 1 aromatic heterocycles. The van der Waals surface area contributed by atoms with Crippen molar-refractivity contribution < 1.29 is 19.1 Å². The molecule has 0 spiro atoms. The average Bonchev–Trinajstić information content (AvgIpc) is 3.26. The van der Waals surface area contributed by atoms with Gasteiger partial charge in [0.25, 0.3) is 0 Å². The zero-order valence-electron chi connectivity index (χ0n) is 16.6. The van der Waals surface area contributed by atoms with E-state index in [0.717, 1.165) is 18.4 Å². The number of hydrogen-bond acceptors (Lipinski definition) is 6. The molecule has 0 radical (unpaired) electrons. The first kappa shape index (κ1) is 20.9. The summed E-state index contributed by atoms with van der Waals surface area (Å²) in [6, 6.07) is 5.57. The van der Waals surface area contributed by atoms with Crippen LogP contribution in [0.4, 0.5) is 9.93 Å². The van der Waals surface area contributed by atoms with Gasteiger partial charge in [0.15, 0.2) is 16.6 Å². The van der Waals surface area contributed by atoms with E-state index < -0.39 is 0 Å². The second-order valence-corrected chi connectivity index (χ2v) is 7.68. The van der Waals surface area contributed by atoms with Crippen LogP contribution in [0.15, 0.2) is 29.8 Å². The smallest absolute Gasteiger partial charge is 0.317 e. The number of hydrogen-bond donors (Lipinski definition) is 2. The van der Waals surface area contributed by atoms with Crippen molar-refractivity contribution in [2.45, 2.75) is 19.3 Å². The molecular weight excluding hydrogens is 392 g/mol. The number of benzene rings is 1. The van der Waals surface area contributed by atoms with Crippen LogP contribution in [0.25, 0.3) is 0 Å². The van der Waals surface area contributed by atoms with Gasteiger partial charge in [-0.25, -0.2) is 9.78 Å². The maximum Gasteiger partial charge on any atom is 0.317 e. The lowest BCUT2D eigenvalue weighted by Gasteiger charge is -2.31. The minimum absolute atomic E-state index is 0.0808. The first-order valence-electron chi connectivity index (χ1n) is 9.54. The topological polar surface area (TPSA) is 92.8 Å². The van der Waals surface area contributed by atoms with Crippen molar-refractivity contribution in [2.75, 3.05) is 39.2 Å². The standard InChI is InChI=1S/C20H26N4O4S/c1-27-16-6-5-14(12-17(16)28-2)7-8-22-20(26)24-10-3-4-15(13-24)18(25)23-19-21-9-11-29-19/h5-6,9,11-12,15H,3-4,7-8,10,13H2,1-2H3,(H,22,26)(H,21,23,25)/t15-/m1/s1. The Morgan fingerprint density at radius 1 is 1.28 bits per heavy atom. The number of nitrogens with zero attached hydrogens (tertiary/aromatic N) is 2. The average molecular weight is 419 g/mol. The quantitative estimate of drug-likeness (QED) is 0.721. The summed E-state index contributed by atoms with van der Waals surface area (Å²) in [6.45, 7) is 1.57. The predicted octanol–water partition coefficient (Wildman–Crippen LogP) is 2.76. The summed E-state index contributed by atoms with van der Waals surface area (Å²) in [7, 11) is 3.20. The van der Waals surface area contributed by atoms with E-state index in [2.05, 4.69) is 15.6 Å². The fourth-order valence-corrected chi connectivity index (χ4v) is 3.86. The molecule has 2 heterocycles. The number of methoxy groups -OCH3 is 2. The van der Waals surface area contributed by atoms with Crippen LogP contribution in [-0.2, 0) is 11.2 Å². The number of urea groups is 1. The zero-order valence-corrected chi connectivity index (χ0v) is 17.5. The van der Waals surface area contributed by atoms with Gasteiger partial charge in [-0.1, -0.05) is 6.07 Å². The summed E-state index contributed by atoms with van der Waals surface area (Å²) < 4.78 is 10.5. The summed E-state index contributed by atoms with van der Waals surface area (Å²) in [5, 5.41) is 8.17. The van der Waals surface area contributed by atoms with Gasteiger partial charge in [0, 0.05) is 31.2 Å². The lowest BCUT2D eigenvalue weighted by atomic mass is 9.97. The summed E-state index contributed by atoms with van der Waals surface area (Å²) in [5.74, 6) is 1.05. The molecule has 1 saturated heterocycles. The Balaban J connectivity index is 1.47.